The third-order valence-electron chi connectivity index (χ3n) is 7.74. The highest BCUT2D eigenvalue weighted by Crippen LogP contribution is 2.49. The van der Waals surface area contributed by atoms with Crippen LogP contribution in [0.3, 0.4) is 0 Å². The van der Waals surface area contributed by atoms with Crippen molar-refractivity contribution < 1.29 is 22.7 Å². The number of ether oxygens (including phenoxy) is 1. The summed E-state index contributed by atoms with van der Waals surface area (Å²) in [5.74, 6) is 1.25. The second-order valence-corrected chi connectivity index (χ2v) is 12.3. The minimum atomic E-state index is -3.71. The van der Waals surface area contributed by atoms with Crippen LogP contribution in [0.4, 0.5) is 0 Å². The summed E-state index contributed by atoms with van der Waals surface area (Å²) >= 11 is 0. The second kappa shape index (κ2) is 10.3. The largest absolute Gasteiger partial charge is 0.379 e. The molecule has 2 aliphatic carbocycles. The Bertz CT molecular complexity index is 1010. The Hall–Kier alpha value is -1.97. The van der Waals surface area contributed by atoms with E-state index >= 15 is 0 Å². The van der Waals surface area contributed by atoms with E-state index in [-0.39, 0.29) is 41.4 Å². The summed E-state index contributed by atoms with van der Waals surface area (Å²) < 4.78 is 32.6. The number of fused-ring (bicyclic) bond motifs is 2. The van der Waals surface area contributed by atoms with Crippen LogP contribution >= 0.6 is 0 Å². The van der Waals surface area contributed by atoms with Crippen LogP contribution in [0.5, 0.6) is 0 Å². The van der Waals surface area contributed by atoms with Crippen molar-refractivity contribution in [2.24, 2.45) is 23.7 Å². The van der Waals surface area contributed by atoms with E-state index < -0.39 is 22.0 Å². The quantitative estimate of drug-likeness (QED) is 0.581. The predicted octanol–water partition coefficient (Wildman–Crippen LogP) is 2.40. The zero-order chi connectivity index (χ0) is 24.5. The number of nitrogens with one attached hydrogen (secondary N) is 2. The van der Waals surface area contributed by atoms with E-state index in [0.29, 0.717) is 25.0 Å². The lowest BCUT2D eigenvalue weighted by Gasteiger charge is -2.31. The van der Waals surface area contributed by atoms with Gasteiger partial charge in [0.25, 0.3) is 5.91 Å². The highest BCUT2D eigenvalue weighted by atomic mass is 32.2. The number of benzene rings is 1. The van der Waals surface area contributed by atoms with Crippen LogP contribution in [0.1, 0.15) is 56.8 Å². The molecule has 0 unspecified atom stereocenters. The molecule has 2 bridgehead atoms. The van der Waals surface area contributed by atoms with E-state index in [1.54, 1.807) is 12.1 Å². The van der Waals surface area contributed by atoms with Crippen molar-refractivity contribution in [2.45, 2.75) is 63.4 Å². The molecule has 3 fully saturated rings. The van der Waals surface area contributed by atoms with Gasteiger partial charge in [-0.15, -0.1) is 0 Å². The summed E-state index contributed by atoms with van der Waals surface area (Å²) in [4.78, 5) is 26.2. The molecular weight excluding hydrogens is 454 g/mol. The zero-order valence-electron chi connectivity index (χ0n) is 20.3. The molecule has 1 aromatic carbocycles. The fraction of sp³-hybridized carbons (Fsp3) is 0.680. The zero-order valence-corrected chi connectivity index (χ0v) is 21.1. The number of hydrogen-bond donors (Lipinski definition) is 2. The minimum absolute atomic E-state index is 0.0671. The number of nitrogens with zero attached hydrogens (tertiary/aromatic N) is 1. The van der Waals surface area contributed by atoms with E-state index in [1.807, 2.05) is 13.8 Å². The molecule has 1 aromatic rings. The summed E-state index contributed by atoms with van der Waals surface area (Å²) in [6.07, 6.45) is 5.02. The van der Waals surface area contributed by atoms with Gasteiger partial charge in [-0.1, -0.05) is 26.3 Å². The van der Waals surface area contributed by atoms with E-state index in [1.165, 1.54) is 42.1 Å². The van der Waals surface area contributed by atoms with E-state index in [4.69, 9.17) is 4.74 Å². The molecule has 0 aromatic heterocycles. The molecule has 2 amide bonds. The maximum Gasteiger partial charge on any atom is 0.251 e. The summed E-state index contributed by atoms with van der Waals surface area (Å²) in [5, 5.41) is 6.00. The Morgan fingerprint density at radius 2 is 1.79 bits per heavy atom. The van der Waals surface area contributed by atoms with Gasteiger partial charge in [-0.25, -0.2) is 8.42 Å². The van der Waals surface area contributed by atoms with Gasteiger partial charge in [0.15, 0.2) is 0 Å². The van der Waals surface area contributed by atoms with Gasteiger partial charge in [0.2, 0.25) is 15.9 Å². The number of carbonyl (C=O) groups is 2. The van der Waals surface area contributed by atoms with Gasteiger partial charge >= 0.3 is 0 Å². The number of hydrogen-bond acceptors (Lipinski definition) is 5. The van der Waals surface area contributed by atoms with Gasteiger partial charge in [-0.2, -0.15) is 4.31 Å². The van der Waals surface area contributed by atoms with Crippen LogP contribution < -0.4 is 10.6 Å². The van der Waals surface area contributed by atoms with Gasteiger partial charge in [0.1, 0.15) is 6.04 Å². The van der Waals surface area contributed by atoms with E-state index in [0.717, 1.165) is 5.92 Å². The fourth-order valence-electron chi connectivity index (χ4n) is 5.82. The Kier molecular flexibility index (Phi) is 7.64. The van der Waals surface area contributed by atoms with Gasteiger partial charge < -0.3 is 15.4 Å². The predicted molar refractivity (Wildman–Crippen MR) is 129 cm³/mol. The van der Waals surface area contributed by atoms with Crippen LogP contribution in [0.15, 0.2) is 29.2 Å². The number of amides is 2. The lowest BCUT2D eigenvalue weighted by molar-refractivity contribution is -0.125. The molecule has 34 heavy (non-hydrogen) atoms. The first-order valence-electron chi connectivity index (χ1n) is 12.5. The molecule has 5 atom stereocenters. The third-order valence-corrected chi connectivity index (χ3v) is 9.64. The minimum Gasteiger partial charge on any atom is -0.379 e. The van der Waals surface area contributed by atoms with Crippen molar-refractivity contribution in [2.75, 3.05) is 26.3 Å². The Balaban J connectivity index is 1.42. The SMILES string of the molecule is CC(C)[C@H](NC(=O)c1cccc(S(=O)(=O)N2CCOCC2)c1)C(=O)N[C@H](C)[C@H]1C[C@@H]2CC[C@H]1C2. The molecule has 0 spiro atoms. The first-order chi connectivity index (χ1) is 16.2. The Morgan fingerprint density at radius 1 is 1.06 bits per heavy atom. The van der Waals surface area contributed by atoms with Crippen LogP contribution in [0, 0.1) is 23.7 Å². The van der Waals surface area contributed by atoms with E-state index in [9.17, 15) is 18.0 Å². The second-order valence-electron chi connectivity index (χ2n) is 10.4. The average molecular weight is 492 g/mol. The summed E-state index contributed by atoms with van der Waals surface area (Å²) in [6, 6.07) is 5.37. The maximum absolute atomic E-state index is 13.1. The number of rotatable bonds is 8. The molecule has 3 aliphatic rings. The molecule has 2 N–H and O–H groups in total. The molecule has 4 rings (SSSR count). The van der Waals surface area contributed by atoms with Crippen molar-refractivity contribution in [3.8, 4) is 0 Å². The maximum atomic E-state index is 13.1. The van der Waals surface area contributed by atoms with E-state index in [2.05, 4.69) is 17.6 Å². The average Bonchev–Trinajstić information content (AvgIpc) is 3.46. The van der Waals surface area contributed by atoms with Crippen molar-refractivity contribution in [3.63, 3.8) is 0 Å². The number of sulfonamides is 1. The van der Waals surface area contributed by atoms with Crippen molar-refractivity contribution in [1.82, 2.24) is 14.9 Å². The summed E-state index contributed by atoms with van der Waals surface area (Å²) in [6.45, 7) is 7.14. The standard InChI is InChI=1S/C25H37N3O5S/c1-16(2)23(25(30)26-17(3)22-14-18-7-8-19(22)13-18)27-24(29)20-5-4-6-21(15-20)34(31,32)28-9-11-33-12-10-28/h4-6,15-19,22-23H,7-14H2,1-3H3,(H,26,30)(H,27,29)/t17-,18-,19+,22-,23+/m1/s1. The van der Waals surface area contributed by atoms with Crippen molar-refractivity contribution >= 4 is 21.8 Å². The molecule has 1 saturated heterocycles. The Labute approximate surface area is 202 Å². The van der Waals surface area contributed by atoms with Crippen LogP contribution in [0.25, 0.3) is 0 Å². The normalized spacial score (nSPS) is 26.9. The molecule has 188 valence electrons. The van der Waals surface area contributed by atoms with Gasteiger partial charge in [-0.05, 0) is 68.1 Å². The van der Waals surface area contributed by atoms with Crippen molar-refractivity contribution in [3.05, 3.63) is 29.8 Å². The number of morpholine rings is 1. The van der Waals surface area contributed by atoms with Gasteiger partial charge in [0.05, 0.1) is 18.1 Å². The smallest absolute Gasteiger partial charge is 0.251 e. The van der Waals surface area contributed by atoms with Crippen LogP contribution in [-0.2, 0) is 19.6 Å². The fourth-order valence-corrected chi connectivity index (χ4v) is 7.28. The van der Waals surface area contributed by atoms with Crippen molar-refractivity contribution in [1.29, 1.82) is 0 Å². The summed E-state index contributed by atoms with van der Waals surface area (Å²) in [7, 11) is -3.71. The highest BCUT2D eigenvalue weighted by molar-refractivity contribution is 7.89. The molecule has 1 heterocycles. The molecule has 9 heteroatoms. The van der Waals surface area contributed by atoms with Crippen LogP contribution in [-0.4, -0.2) is 62.9 Å². The van der Waals surface area contributed by atoms with Gasteiger partial charge in [-0.3, -0.25) is 9.59 Å². The Morgan fingerprint density at radius 3 is 2.41 bits per heavy atom. The molecule has 2 saturated carbocycles. The number of carbonyl (C=O) groups excluding carboxylic acids is 2. The summed E-state index contributed by atoms with van der Waals surface area (Å²) in [5.41, 5.74) is 0.217. The first kappa shape index (κ1) is 25.1. The topological polar surface area (TPSA) is 105 Å². The molecule has 1 aliphatic heterocycles. The lowest BCUT2D eigenvalue weighted by atomic mass is 9.84. The highest BCUT2D eigenvalue weighted by Gasteiger charge is 2.42. The molecule has 8 nitrogen and oxygen atoms in total. The van der Waals surface area contributed by atoms with Gasteiger partial charge in [0, 0.05) is 24.7 Å². The lowest BCUT2D eigenvalue weighted by Crippen LogP contribution is -2.53. The first-order valence-corrected chi connectivity index (χ1v) is 13.9. The monoisotopic (exact) mass is 491 g/mol. The molecular formula is C25H37N3O5S. The molecule has 0 radical (unpaired) electrons. The third kappa shape index (κ3) is 5.31. The van der Waals surface area contributed by atoms with Crippen LogP contribution in [0.2, 0.25) is 0 Å².